The maximum Gasteiger partial charge on any atom is 0.342 e. The first kappa shape index (κ1) is 23.9. The van der Waals surface area contributed by atoms with Crippen LogP contribution in [0.2, 0.25) is 0 Å². The zero-order valence-corrected chi connectivity index (χ0v) is 19.4. The number of hydrogen-bond acceptors (Lipinski definition) is 7. The summed E-state index contributed by atoms with van der Waals surface area (Å²) in [5, 5.41) is 9.66. The van der Waals surface area contributed by atoms with Crippen LogP contribution in [0.3, 0.4) is 0 Å². The molecule has 7 nitrogen and oxygen atoms in total. The lowest BCUT2D eigenvalue weighted by Gasteiger charge is -2.11. The first-order valence-electron chi connectivity index (χ1n) is 10.4. The number of carbonyl (C=O) groups excluding carboxylic acids is 1. The molecular weight excluding hydrogens is 424 g/mol. The number of rotatable bonds is 9. The van der Waals surface area contributed by atoms with Gasteiger partial charge in [0.15, 0.2) is 22.8 Å². The molecule has 1 heterocycles. The van der Waals surface area contributed by atoms with Gasteiger partial charge in [-0.25, -0.2) is 4.79 Å². The summed E-state index contributed by atoms with van der Waals surface area (Å²) in [7, 11) is 4.39. The molecule has 0 atom stereocenters. The number of esters is 1. The zero-order valence-electron chi connectivity index (χ0n) is 19.4. The molecule has 33 heavy (non-hydrogen) atoms. The highest BCUT2D eigenvalue weighted by atomic mass is 16.5. The van der Waals surface area contributed by atoms with Crippen molar-refractivity contribution < 1.29 is 33.3 Å². The van der Waals surface area contributed by atoms with Crippen LogP contribution in [-0.4, -0.2) is 45.6 Å². The topological polar surface area (TPSA) is 87.4 Å². The van der Waals surface area contributed by atoms with Crippen molar-refractivity contribution >= 4 is 23.0 Å². The molecule has 0 amide bonds. The smallest absolute Gasteiger partial charge is 0.342 e. The average Bonchev–Trinajstić information content (AvgIpc) is 3.21. The number of ether oxygens (including phenoxy) is 4. The van der Waals surface area contributed by atoms with Crippen LogP contribution < -0.4 is 14.2 Å². The Morgan fingerprint density at radius 3 is 2.42 bits per heavy atom. The Morgan fingerprint density at radius 1 is 1.03 bits per heavy atom. The SMILES string of the molecule is COC(=O)c1c(-c2ccc(OCC=C(C)C)c(OC)c2)oc2c(OC)cc(/C=C/CO)cc12. The molecular formula is C26H28O7. The molecule has 0 saturated heterocycles. The second-order valence-corrected chi connectivity index (χ2v) is 7.44. The molecule has 0 saturated carbocycles. The summed E-state index contributed by atoms with van der Waals surface area (Å²) in [6.07, 6.45) is 5.30. The van der Waals surface area contributed by atoms with Crippen LogP contribution in [0, 0.1) is 0 Å². The van der Waals surface area contributed by atoms with Crippen molar-refractivity contribution in [1.82, 2.24) is 0 Å². The Bertz CT molecular complexity index is 1200. The molecule has 0 aliphatic heterocycles. The van der Waals surface area contributed by atoms with Crippen molar-refractivity contribution in [3.05, 3.63) is 59.2 Å². The van der Waals surface area contributed by atoms with Gasteiger partial charge in [0.25, 0.3) is 0 Å². The summed E-state index contributed by atoms with van der Waals surface area (Å²) >= 11 is 0. The summed E-state index contributed by atoms with van der Waals surface area (Å²) < 4.78 is 28.0. The molecule has 1 N–H and O–H groups in total. The number of methoxy groups -OCH3 is 3. The molecule has 7 heteroatoms. The standard InChI is InChI=1S/C26H28O7/c1-16(2)10-12-32-20-9-8-18(15-21(20)29-3)24-23(26(28)31-5)19-13-17(7-6-11-27)14-22(30-4)25(19)33-24/h6-10,13-15,27H,11-12H2,1-5H3/b7-6+. The Kier molecular flexibility index (Phi) is 7.79. The quantitative estimate of drug-likeness (QED) is 0.350. The first-order chi connectivity index (χ1) is 15.9. The Labute approximate surface area is 192 Å². The molecule has 174 valence electrons. The lowest BCUT2D eigenvalue weighted by molar-refractivity contribution is 0.0603. The molecule has 0 aliphatic carbocycles. The maximum absolute atomic E-state index is 12.8. The zero-order chi connectivity index (χ0) is 24.0. The highest BCUT2D eigenvalue weighted by molar-refractivity contribution is 6.10. The molecule has 0 spiro atoms. The van der Waals surface area contributed by atoms with Crippen molar-refractivity contribution in [2.45, 2.75) is 13.8 Å². The van der Waals surface area contributed by atoms with Gasteiger partial charge in [-0.1, -0.05) is 17.7 Å². The van der Waals surface area contributed by atoms with Crippen molar-refractivity contribution in [3.63, 3.8) is 0 Å². The number of allylic oxidation sites excluding steroid dienone is 1. The van der Waals surface area contributed by atoms with Crippen LogP contribution >= 0.6 is 0 Å². The van der Waals surface area contributed by atoms with Crippen LogP contribution in [0.5, 0.6) is 17.2 Å². The van der Waals surface area contributed by atoms with Crippen molar-refractivity contribution in [3.8, 4) is 28.6 Å². The van der Waals surface area contributed by atoms with Gasteiger partial charge in [-0.2, -0.15) is 0 Å². The van der Waals surface area contributed by atoms with Gasteiger partial charge >= 0.3 is 5.97 Å². The third-order valence-corrected chi connectivity index (χ3v) is 4.96. The van der Waals surface area contributed by atoms with Gasteiger partial charge in [-0.05, 0) is 55.8 Å². The molecule has 0 aliphatic rings. The van der Waals surface area contributed by atoms with Gasteiger partial charge in [0.05, 0.1) is 27.9 Å². The minimum Gasteiger partial charge on any atom is -0.493 e. The molecule has 0 unspecified atom stereocenters. The van der Waals surface area contributed by atoms with Gasteiger partial charge in [0.2, 0.25) is 0 Å². The van der Waals surface area contributed by atoms with Gasteiger partial charge in [-0.15, -0.1) is 0 Å². The molecule has 3 rings (SSSR count). The van der Waals surface area contributed by atoms with E-state index in [1.165, 1.54) is 14.2 Å². The van der Waals surface area contributed by atoms with E-state index in [1.807, 2.05) is 19.9 Å². The van der Waals surface area contributed by atoms with Crippen LogP contribution in [0.1, 0.15) is 29.8 Å². The number of aliphatic hydroxyl groups is 1. The second-order valence-electron chi connectivity index (χ2n) is 7.44. The highest BCUT2D eigenvalue weighted by Gasteiger charge is 2.26. The van der Waals surface area contributed by atoms with E-state index in [2.05, 4.69) is 0 Å². The first-order valence-corrected chi connectivity index (χ1v) is 10.4. The van der Waals surface area contributed by atoms with Crippen molar-refractivity contribution in [2.24, 2.45) is 0 Å². The summed E-state index contributed by atoms with van der Waals surface area (Å²) in [5.41, 5.74) is 3.19. The summed E-state index contributed by atoms with van der Waals surface area (Å²) in [6, 6.07) is 8.87. The predicted octanol–water partition coefficient (Wildman–Crippen LogP) is 5.25. The fourth-order valence-corrected chi connectivity index (χ4v) is 3.36. The van der Waals surface area contributed by atoms with Crippen molar-refractivity contribution in [1.29, 1.82) is 0 Å². The van der Waals surface area contributed by atoms with E-state index >= 15 is 0 Å². The van der Waals surface area contributed by atoms with Gasteiger partial charge < -0.3 is 28.5 Å². The minimum atomic E-state index is -0.544. The van der Waals surface area contributed by atoms with Crippen molar-refractivity contribution in [2.75, 3.05) is 34.5 Å². The number of aliphatic hydroxyl groups excluding tert-OH is 1. The molecule has 2 aromatic carbocycles. The Morgan fingerprint density at radius 2 is 1.79 bits per heavy atom. The lowest BCUT2D eigenvalue weighted by atomic mass is 10.0. The average molecular weight is 453 g/mol. The fourth-order valence-electron chi connectivity index (χ4n) is 3.36. The number of carbonyl (C=O) groups is 1. The van der Waals surface area contributed by atoms with Gasteiger partial charge in [0.1, 0.15) is 17.9 Å². The van der Waals surface area contributed by atoms with Crippen LogP contribution in [0.25, 0.3) is 28.4 Å². The van der Waals surface area contributed by atoms with Gasteiger partial charge in [-0.3, -0.25) is 0 Å². The Hall–Kier alpha value is -3.71. The van der Waals surface area contributed by atoms with Crippen LogP contribution in [0.15, 0.2) is 52.5 Å². The third kappa shape index (κ3) is 5.21. The highest BCUT2D eigenvalue weighted by Crippen LogP contribution is 2.41. The van der Waals surface area contributed by atoms with E-state index < -0.39 is 5.97 Å². The molecule has 3 aromatic rings. The largest absolute Gasteiger partial charge is 0.493 e. The summed E-state index contributed by atoms with van der Waals surface area (Å²) in [5.74, 6) is 1.31. The number of furan rings is 1. The fraction of sp³-hybridized carbons (Fsp3) is 0.269. The normalized spacial score (nSPS) is 11.0. The maximum atomic E-state index is 12.8. The van der Waals surface area contributed by atoms with E-state index in [9.17, 15) is 4.79 Å². The number of fused-ring (bicyclic) bond motifs is 1. The van der Waals surface area contributed by atoms with Gasteiger partial charge in [0, 0.05) is 10.9 Å². The Balaban J connectivity index is 2.18. The summed E-state index contributed by atoms with van der Waals surface area (Å²) in [4.78, 5) is 12.8. The van der Waals surface area contributed by atoms with E-state index in [1.54, 1.807) is 49.6 Å². The predicted molar refractivity (Wildman–Crippen MR) is 127 cm³/mol. The lowest BCUT2D eigenvalue weighted by Crippen LogP contribution is -2.02. The third-order valence-electron chi connectivity index (χ3n) is 4.96. The molecule has 0 radical (unpaired) electrons. The number of hydrogen-bond donors (Lipinski definition) is 1. The molecule has 1 aromatic heterocycles. The van der Waals surface area contributed by atoms with E-state index in [-0.39, 0.29) is 12.2 Å². The summed E-state index contributed by atoms with van der Waals surface area (Å²) in [6.45, 7) is 4.30. The number of benzene rings is 2. The van der Waals surface area contributed by atoms with E-state index in [0.717, 1.165) is 11.1 Å². The van der Waals surface area contributed by atoms with Crippen LogP contribution in [-0.2, 0) is 4.74 Å². The second kappa shape index (κ2) is 10.7. The van der Waals surface area contributed by atoms with Crippen LogP contribution in [0.4, 0.5) is 0 Å². The molecule has 0 bridgehead atoms. The monoisotopic (exact) mass is 452 g/mol. The van der Waals surface area contributed by atoms with E-state index in [4.69, 9.17) is 28.5 Å². The molecule has 0 fully saturated rings. The minimum absolute atomic E-state index is 0.108. The van der Waals surface area contributed by atoms with E-state index in [0.29, 0.717) is 46.1 Å².